The van der Waals surface area contributed by atoms with Crippen molar-refractivity contribution < 1.29 is 23.7 Å². The zero-order valence-corrected chi connectivity index (χ0v) is 22.1. The van der Waals surface area contributed by atoms with E-state index in [0.29, 0.717) is 40.3 Å². The van der Waals surface area contributed by atoms with Crippen LogP contribution < -0.4 is 19.6 Å². The van der Waals surface area contributed by atoms with Crippen molar-refractivity contribution in [2.24, 2.45) is 5.10 Å². The molecule has 3 aromatic rings. The van der Waals surface area contributed by atoms with Crippen molar-refractivity contribution in [2.75, 3.05) is 26.9 Å². The summed E-state index contributed by atoms with van der Waals surface area (Å²) in [4.78, 5) is 16.7. The number of carbonyl (C=O) groups excluding carboxylic acids is 1. The molecule has 10 heteroatoms. The molecule has 3 rings (SSSR count). The van der Waals surface area contributed by atoms with E-state index in [4.69, 9.17) is 18.9 Å². The van der Waals surface area contributed by atoms with Gasteiger partial charge in [-0.25, -0.2) is 10.4 Å². The highest BCUT2D eigenvalue weighted by molar-refractivity contribution is 9.10. The molecule has 0 atom stereocenters. The fourth-order valence-electron chi connectivity index (χ4n) is 3.52. The van der Waals surface area contributed by atoms with Gasteiger partial charge in [-0.1, -0.05) is 12.1 Å². The third kappa shape index (κ3) is 6.30. The summed E-state index contributed by atoms with van der Waals surface area (Å²) in [5.74, 6) is 0.899. The van der Waals surface area contributed by atoms with Crippen LogP contribution in [0.3, 0.4) is 0 Å². The molecule has 1 heterocycles. The highest BCUT2D eigenvalue weighted by Gasteiger charge is 2.18. The van der Waals surface area contributed by atoms with E-state index in [0.717, 1.165) is 16.5 Å². The number of nitrogens with zero attached hydrogens (tertiary/aromatic N) is 3. The van der Waals surface area contributed by atoms with Crippen molar-refractivity contribution in [1.29, 1.82) is 5.26 Å². The fourth-order valence-corrected chi connectivity index (χ4v) is 3.92. The number of aromatic nitrogens is 1. The minimum atomic E-state index is -0.515. The topological polar surface area (TPSA) is 115 Å². The van der Waals surface area contributed by atoms with Crippen LogP contribution in [-0.4, -0.2) is 44.0 Å². The Bertz CT molecular complexity index is 1310. The first-order valence-corrected chi connectivity index (χ1v) is 12.1. The van der Waals surface area contributed by atoms with E-state index in [2.05, 4.69) is 37.5 Å². The van der Waals surface area contributed by atoms with Crippen molar-refractivity contribution in [1.82, 2.24) is 10.4 Å². The Hall–Kier alpha value is -3.68. The highest BCUT2D eigenvalue weighted by atomic mass is 79.9. The summed E-state index contributed by atoms with van der Waals surface area (Å²) in [7, 11) is 1.53. The third-order valence-electron chi connectivity index (χ3n) is 5.10. The average molecular weight is 555 g/mol. The number of amides is 1. The van der Waals surface area contributed by atoms with Gasteiger partial charge in [-0.15, -0.1) is 0 Å². The van der Waals surface area contributed by atoms with E-state index < -0.39 is 5.91 Å². The van der Waals surface area contributed by atoms with Crippen LogP contribution in [0.1, 0.15) is 36.2 Å². The van der Waals surface area contributed by atoms with Crippen LogP contribution in [0.4, 0.5) is 0 Å². The van der Waals surface area contributed by atoms with Gasteiger partial charge in [0.25, 0.3) is 5.91 Å². The molecule has 0 aliphatic rings. The van der Waals surface area contributed by atoms with E-state index in [-0.39, 0.29) is 24.7 Å². The maximum atomic E-state index is 12.4. The lowest BCUT2D eigenvalue weighted by molar-refractivity contribution is -0.123. The second-order valence-electron chi connectivity index (χ2n) is 7.52. The maximum Gasteiger partial charge on any atom is 0.278 e. The molecule has 0 spiro atoms. The van der Waals surface area contributed by atoms with Crippen molar-refractivity contribution in [3.63, 3.8) is 0 Å². The summed E-state index contributed by atoms with van der Waals surface area (Å²) in [5.41, 5.74) is 4.58. The van der Waals surface area contributed by atoms with E-state index >= 15 is 0 Å². The van der Waals surface area contributed by atoms with E-state index in [1.54, 1.807) is 6.92 Å². The number of methoxy groups -OCH3 is 1. The molecule has 0 aliphatic carbocycles. The first kappa shape index (κ1) is 26.9. The van der Waals surface area contributed by atoms with Crippen molar-refractivity contribution >= 4 is 38.8 Å². The smallest absolute Gasteiger partial charge is 0.278 e. The number of aryl methyl sites for hydroxylation is 1. The second-order valence-corrected chi connectivity index (χ2v) is 8.32. The van der Waals surface area contributed by atoms with E-state index in [9.17, 15) is 10.1 Å². The summed E-state index contributed by atoms with van der Waals surface area (Å²) < 4.78 is 22.8. The molecule has 0 saturated carbocycles. The van der Waals surface area contributed by atoms with Gasteiger partial charge in [0.2, 0.25) is 5.88 Å². The molecule has 0 unspecified atom stereocenters. The fraction of sp³-hybridized carbons (Fsp3) is 0.308. The van der Waals surface area contributed by atoms with Crippen LogP contribution in [-0.2, 0) is 16.1 Å². The lowest BCUT2D eigenvalue weighted by atomic mass is 10.0. The lowest BCUT2D eigenvalue weighted by Gasteiger charge is -2.13. The van der Waals surface area contributed by atoms with Crippen molar-refractivity contribution in [3.05, 3.63) is 57.2 Å². The molecule has 0 saturated heterocycles. The van der Waals surface area contributed by atoms with Crippen LogP contribution >= 0.6 is 15.9 Å². The number of nitrogens with one attached hydrogen (secondary N) is 1. The molecule has 1 N–H and O–H groups in total. The lowest BCUT2D eigenvalue weighted by Crippen LogP contribution is -2.25. The molecule has 2 aromatic carbocycles. The Balaban J connectivity index is 1.78. The van der Waals surface area contributed by atoms with Gasteiger partial charge in [-0.3, -0.25) is 4.79 Å². The molecule has 1 amide bonds. The number of pyridine rings is 1. The number of carbonyl (C=O) groups is 1. The van der Waals surface area contributed by atoms with Gasteiger partial charge >= 0.3 is 0 Å². The number of nitriles is 1. The molecule has 0 fully saturated rings. The summed E-state index contributed by atoms with van der Waals surface area (Å²) in [6.45, 7) is 6.41. The predicted octanol–water partition coefficient (Wildman–Crippen LogP) is 4.65. The number of halogens is 1. The number of hydrogen-bond donors (Lipinski definition) is 1. The van der Waals surface area contributed by atoms with E-state index in [1.165, 1.54) is 13.3 Å². The Morgan fingerprint density at radius 1 is 1.19 bits per heavy atom. The summed E-state index contributed by atoms with van der Waals surface area (Å²) >= 11 is 3.42. The van der Waals surface area contributed by atoms with Crippen LogP contribution in [0, 0.1) is 18.3 Å². The minimum Gasteiger partial charge on any atom is -0.494 e. The molecular weight excluding hydrogens is 528 g/mol. The number of rotatable bonds is 11. The zero-order valence-electron chi connectivity index (χ0n) is 20.6. The van der Waals surface area contributed by atoms with Crippen LogP contribution in [0.25, 0.3) is 10.8 Å². The maximum absolute atomic E-state index is 12.4. The Morgan fingerprint density at radius 2 is 1.94 bits per heavy atom. The highest BCUT2D eigenvalue weighted by Crippen LogP contribution is 2.31. The Morgan fingerprint density at radius 3 is 2.64 bits per heavy atom. The number of hydrogen-bond acceptors (Lipinski definition) is 8. The van der Waals surface area contributed by atoms with Crippen LogP contribution in [0.5, 0.6) is 17.4 Å². The molecule has 1 aromatic heterocycles. The Labute approximate surface area is 218 Å². The normalized spacial score (nSPS) is 10.9. The Kier molecular flexibility index (Phi) is 9.61. The minimum absolute atomic E-state index is 0.0560. The summed E-state index contributed by atoms with van der Waals surface area (Å²) in [6, 6.07) is 11.7. The average Bonchev–Trinajstić information content (AvgIpc) is 2.87. The number of hydrazone groups is 1. The predicted molar refractivity (Wildman–Crippen MR) is 140 cm³/mol. The summed E-state index contributed by atoms with van der Waals surface area (Å²) in [6.07, 6.45) is 1.53. The SMILES string of the molecule is CCOc1ccc2ccc(OCC)c(/C=N/NC(=O)COc3nc(C)c(Br)c(COC)c3C#N)c2c1. The molecule has 0 radical (unpaired) electrons. The standard InChI is InChI=1S/C26H27BrN4O5/c1-5-34-18-9-7-17-8-10-23(35-6-2)21(19(17)11-18)13-29-31-24(32)15-36-26-20(12-28)22(14-33-4)25(27)16(3)30-26/h7-11,13H,5-6,14-15H2,1-4H3,(H,31,32)/b29-13+. The molecule has 36 heavy (non-hydrogen) atoms. The number of fused-ring (bicyclic) bond motifs is 1. The second kappa shape index (κ2) is 12.9. The number of ether oxygens (including phenoxy) is 4. The largest absolute Gasteiger partial charge is 0.494 e. The van der Waals surface area contributed by atoms with Gasteiger partial charge in [-0.05, 0) is 65.7 Å². The van der Waals surface area contributed by atoms with Crippen molar-refractivity contribution in [3.8, 4) is 23.4 Å². The monoisotopic (exact) mass is 554 g/mol. The van der Waals surface area contributed by atoms with Gasteiger partial charge < -0.3 is 18.9 Å². The van der Waals surface area contributed by atoms with Gasteiger partial charge in [0.15, 0.2) is 6.61 Å². The van der Waals surface area contributed by atoms with Gasteiger partial charge in [0.05, 0.1) is 31.7 Å². The van der Waals surface area contributed by atoms with Gasteiger partial charge in [-0.2, -0.15) is 10.4 Å². The summed E-state index contributed by atoms with van der Waals surface area (Å²) in [5, 5.41) is 15.6. The first-order valence-electron chi connectivity index (χ1n) is 11.3. The molecular formula is C26H27BrN4O5. The van der Waals surface area contributed by atoms with Gasteiger partial charge in [0, 0.05) is 22.7 Å². The molecule has 188 valence electrons. The zero-order chi connectivity index (χ0) is 26.1. The molecule has 0 bridgehead atoms. The van der Waals surface area contributed by atoms with Crippen molar-refractivity contribution in [2.45, 2.75) is 27.4 Å². The first-order chi connectivity index (χ1) is 17.4. The third-order valence-corrected chi connectivity index (χ3v) is 6.15. The molecule has 0 aliphatic heterocycles. The van der Waals surface area contributed by atoms with Crippen LogP contribution in [0.2, 0.25) is 0 Å². The molecule has 9 nitrogen and oxygen atoms in total. The number of benzene rings is 2. The quantitative estimate of drug-likeness (QED) is 0.271. The van der Waals surface area contributed by atoms with Gasteiger partial charge in [0.1, 0.15) is 23.1 Å². The van der Waals surface area contributed by atoms with E-state index in [1.807, 2.05) is 44.2 Å². The van der Waals surface area contributed by atoms with Crippen LogP contribution in [0.15, 0.2) is 39.9 Å².